The quantitative estimate of drug-likeness (QED) is 0.615. The number of aromatic amines is 1. The maximum Gasteiger partial charge on any atom is 0.222 e. The van der Waals surface area contributed by atoms with Crippen LogP contribution >= 0.6 is 0 Å². The molecule has 0 amide bonds. The molecule has 0 aliphatic carbocycles. The van der Waals surface area contributed by atoms with E-state index >= 15 is 0 Å². The molecule has 2 nitrogen and oxygen atoms in total. The Morgan fingerprint density at radius 2 is 1.88 bits per heavy atom. The van der Waals surface area contributed by atoms with Gasteiger partial charge in [-0.1, -0.05) is 30.3 Å². The second kappa shape index (κ2) is 3.45. The van der Waals surface area contributed by atoms with Gasteiger partial charge in [0.15, 0.2) is 0 Å². The third kappa shape index (κ3) is 1.37. The van der Waals surface area contributed by atoms with Crippen molar-refractivity contribution < 1.29 is 4.39 Å². The second-order valence-corrected chi connectivity index (χ2v) is 3.61. The topological polar surface area (TPSA) is 28.7 Å². The van der Waals surface area contributed by atoms with Gasteiger partial charge in [0.2, 0.25) is 5.95 Å². The summed E-state index contributed by atoms with van der Waals surface area (Å²) in [5.74, 6) is -0.443. The molecule has 78 valence electrons. The molecule has 0 bridgehead atoms. The zero-order chi connectivity index (χ0) is 11.0. The highest BCUT2D eigenvalue weighted by Crippen LogP contribution is 2.24. The van der Waals surface area contributed by atoms with E-state index in [-0.39, 0.29) is 0 Å². The first-order valence-electron chi connectivity index (χ1n) is 5.03. The lowest BCUT2D eigenvalue weighted by molar-refractivity contribution is 0.592. The number of fused-ring (bicyclic) bond motifs is 1. The fourth-order valence-electron chi connectivity index (χ4n) is 1.78. The molecule has 3 heteroatoms. The molecule has 0 unspecified atom stereocenters. The number of aromatic nitrogens is 2. The van der Waals surface area contributed by atoms with Crippen molar-refractivity contribution in [3.05, 3.63) is 54.6 Å². The van der Waals surface area contributed by atoms with Crippen molar-refractivity contribution in [3.63, 3.8) is 0 Å². The normalized spacial score (nSPS) is 10.8. The van der Waals surface area contributed by atoms with E-state index in [4.69, 9.17) is 0 Å². The third-order valence-electron chi connectivity index (χ3n) is 2.57. The van der Waals surface area contributed by atoms with Gasteiger partial charge < -0.3 is 4.98 Å². The van der Waals surface area contributed by atoms with Crippen LogP contribution in [0.5, 0.6) is 0 Å². The largest absolute Gasteiger partial charge is 0.346 e. The lowest BCUT2D eigenvalue weighted by Crippen LogP contribution is -1.89. The number of hydrogen-bond acceptors (Lipinski definition) is 1. The lowest BCUT2D eigenvalue weighted by atomic mass is 10.1. The number of halogens is 1. The molecule has 1 N–H and O–H groups in total. The second-order valence-electron chi connectivity index (χ2n) is 3.61. The van der Waals surface area contributed by atoms with Crippen molar-refractivity contribution in [2.45, 2.75) is 0 Å². The van der Waals surface area contributed by atoms with Crippen LogP contribution in [0.1, 0.15) is 0 Å². The first-order valence-corrected chi connectivity index (χ1v) is 5.03. The number of H-pyrrole nitrogens is 1. The van der Waals surface area contributed by atoms with Crippen molar-refractivity contribution >= 4 is 11.0 Å². The van der Waals surface area contributed by atoms with Gasteiger partial charge in [0.1, 0.15) is 5.65 Å². The smallest absolute Gasteiger partial charge is 0.222 e. The van der Waals surface area contributed by atoms with Crippen molar-refractivity contribution in [1.29, 1.82) is 0 Å². The average molecular weight is 212 g/mol. The Hall–Kier alpha value is -2.16. The van der Waals surface area contributed by atoms with E-state index in [9.17, 15) is 4.39 Å². The number of nitrogens with one attached hydrogen (secondary N) is 1. The Morgan fingerprint density at radius 3 is 2.69 bits per heavy atom. The zero-order valence-corrected chi connectivity index (χ0v) is 8.44. The SMILES string of the molecule is Fc1nc2[nH]ccc2cc1-c1ccccc1. The minimum absolute atomic E-state index is 0.443. The van der Waals surface area contributed by atoms with Gasteiger partial charge in [-0.3, -0.25) is 0 Å². The highest BCUT2D eigenvalue weighted by molar-refractivity contribution is 5.81. The molecule has 1 aromatic carbocycles. The molecule has 0 aliphatic rings. The van der Waals surface area contributed by atoms with E-state index in [0.717, 1.165) is 10.9 Å². The molecular formula is C13H9FN2. The summed E-state index contributed by atoms with van der Waals surface area (Å²) in [6, 6.07) is 13.1. The molecule has 0 atom stereocenters. The predicted molar refractivity (Wildman–Crippen MR) is 61.5 cm³/mol. The Kier molecular flexibility index (Phi) is 1.96. The van der Waals surface area contributed by atoms with Gasteiger partial charge in [0.25, 0.3) is 0 Å². The van der Waals surface area contributed by atoms with Crippen LogP contribution in [-0.2, 0) is 0 Å². The van der Waals surface area contributed by atoms with Crippen LogP contribution in [0.3, 0.4) is 0 Å². The molecule has 2 heterocycles. The molecule has 16 heavy (non-hydrogen) atoms. The van der Waals surface area contributed by atoms with Crippen LogP contribution in [-0.4, -0.2) is 9.97 Å². The van der Waals surface area contributed by atoms with Gasteiger partial charge in [-0.25, -0.2) is 4.98 Å². The fraction of sp³-hybridized carbons (Fsp3) is 0. The van der Waals surface area contributed by atoms with Crippen LogP contribution in [0, 0.1) is 5.95 Å². The number of pyridine rings is 1. The molecule has 0 fully saturated rings. The Morgan fingerprint density at radius 1 is 1.06 bits per heavy atom. The first-order chi connectivity index (χ1) is 7.84. The maximum absolute atomic E-state index is 13.8. The average Bonchev–Trinajstić information content (AvgIpc) is 2.76. The molecule has 0 radical (unpaired) electrons. The Bertz CT molecular complexity index is 629. The van der Waals surface area contributed by atoms with Gasteiger partial charge in [0, 0.05) is 17.1 Å². The van der Waals surface area contributed by atoms with E-state index in [2.05, 4.69) is 9.97 Å². The molecular weight excluding hydrogens is 203 g/mol. The van der Waals surface area contributed by atoms with Crippen molar-refractivity contribution in [3.8, 4) is 11.1 Å². The highest BCUT2D eigenvalue weighted by atomic mass is 19.1. The van der Waals surface area contributed by atoms with Crippen LogP contribution in [0.2, 0.25) is 0 Å². The van der Waals surface area contributed by atoms with Crippen LogP contribution in [0.15, 0.2) is 48.7 Å². The molecule has 0 spiro atoms. The predicted octanol–water partition coefficient (Wildman–Crippen LogP) is 3.37. The summed E-state index contributed by atoms with van der Waals surface area (Å²) in [6.45, 7) is 0. The van der Waals surface area contributed by atoms with Crippen molar-refractivity contribution in [2.24, 2.45) is 0 Å². The monoisotopic (exact) mass is 212 g/mol. The minimum Gasteiger partial charge on any atom is -0.346 e. The van der Waals surface area contributed by atoms with Gasteiger partial charge in [-0.15, -0.1) is 0 Å². The van der Waals surface area contributed by atoms with Crippen LogP contribution in [0.25, 0.3) is 22.2 Å². The van der Waals surface area contributed by atoms with E-state index in [1.165, 1.54) is 0 Å². The maximum atomic E-state index is 13.8. The Labute approximate surface area is 91.8 Å². The summed E-state index contributed by atoms with van der Waals surface area (Å²) in [7, 11) is 0. The number of hydrogen-bond donors (Lipinski definition) is 1. The van der Waals surface area contributed by atoms with Gasteiger partial charge >= 0.3 is 0 Å². The highest BCUT2D eigenvalue weighted by Gasteiger charge is 2.08. The summed E-state index contributed by atoms with van der Waals surface area (Å²) < 4.78 is 13.8. The van der Waals surface area contributed by atoms with Crippen molar-refractivity contribution in [1.82, 2.24) is 9.97 Å². The summed E-state index contributed by atoms with van der Waals surface area (Å²) >= 11 is 0. The van der Waals surface area contributed by atoms with Gasteiger partial charge in [-0.05, 0) is 17.7 Å². The lowest BCUT2D eigenvalue weighted by Gasteiger charge is -2.02. The van der Waals surface area contributed by atoms with Gasteiger partial charge in [0.05, 0.1) is 0 Å². The molecule has 0 saturated carbocycles. The first kappa shape index (κ1) is 9.09. The van der Waals surface area contributed by atoms with E-state index in [1.807, 2.05) is 42.5 Å². The molecule has 0 saturated heterocycles. The summed E-state index contributed by atoms with van der Waals surface area (Å²) in [4.78, 5) is 6.78. The van der Waals surface area contributed by atoms with Gasteiger partial charge in [-0.2, -0.15) is 4.39 Å². The summed E-state index contributed by atoms with van der Waals surface area (Å²) in [5.41, 5.74) is 1.96. The van der Waals surface area contributed by atoms with E-state index in [1.54, 1.807) is 6.20 Å². The molecule has 3 rings (SSSR count). The molecule has 3 aromatic rings. The number of nitrogens with zero attached hydrogens (tertiary/aromatic N) is 1. The standard InChI is InChI=1S/C13H9FN2/c14-12-11(9-4-2-1-3-5-9)8-10-6-7-15-13(10)16-12/h1-8H,(H,15,16). The Balaban J connectivity index is 2.27. The van der Waals surface area contributed by atoms with Crippen molar-refractivity contribution in [2.75, 3.05) is 0 Å². The van der Waals surface area contributed by atoms with E-state index in [0.29, 0.717) is 11.2 Å². The zero-order valence-electron chi connectivity index (χ0n) is 8.44. The van der Waals surface area contributed by atoms with Crippen LogP contribution < -0.4 is 0 Å². The molecule has 0 aliphatic heterocycles. The fourth-order valence-corrected chi connectivity index (χ4v) is 1.78. The molecule has 2 aromatic heterocycles. The number of benzene rings is 1. The minimum atomic E-state index is -0.443. The summed E-state index contributed by atoms with van der Waals surface area (Å²) in [6.07, 6.45) is 1.76. The number of rotatable bonds is 1. The van der Waals surface area contributed by atoms with Crippen LogP contribution in [0.4, 0.5) is 4.39 Å². The summed E-state index contributed by atoms with van der Waals surface area (Å²) in [5, 5.41) is 0.917. The third-order valence-corrected chi connectivity index (χ3v) is 2.57. The van der Waals surface area contributed by atoms with E-state index < -0.39 is 5.95 Å².